The summed E-state index contributed by atoms with van der Waals surface area (Å²) < 4.78 is 0. The first-order valence-electron chi connectivity index (χ1n) is 6.13. The lowest BCUT2D eigenvalue weighted by molar-refractivity contribution is -0.140. The average molecular weight is 292 g/mol. The molecule has 3 N–H and O–H groups in total. The van der Waals surface area contributed by atoms with Gasteiger partial charge in [0.05, 0.1) is 11.4 Å². The summed E-state index contributed by atoms with van der Waals surface area (Å²) in [5.74, 6) is -1.19. The van der Waals surface area contributed by atoms with Gasteiger partial charge in [-0.3, -0.25) is 9.59 Å². The van der Waals surface area contributed by atoms with Crippen molar-refractivity contribution in [3.05, 3.63) is 23.8 Å². The molecule has 1 heterocycles. The smallest absolute Gasteiger partial charge is 0.329 e. The van der Waals surface area contributed by atoms with E-state index < -0.39 is 17.4 Å². The molecule has 0 bridgehead atoms. The number of thioether (sulfide) groups is 1. The summed E-state index contributed by atoms with van der Waals surface area (Å²) >= 11 is 1.41. The minimum absolute atomic E-state index is 0.107. The summed E-state index contributed by atoms with van der Waals surface area (Å²) in [4.78, 5) is 35.4. The minimum atomic E-state index is -1.11. The monoisotopic (exact) mass is 292 g/mol. The Bertz CT molecular complexity index is 625. The predicted molar refractivity (Wildman–Crippen MR) is 72.9 cm³/mol. The van der Waals surface area contributed by atoms with Crippen LogP contribution in [0.3, 0.4) is 0 Å². The van der Waals surface area contributed by atoms with Gasteiger partial charge in [0.1, 0.15) is 5.54 Å². The van der Waals surface area contributed by atoms with E-state index in [-0.39, 0.29) is 5.91 Å². The number of carbonyl (C=O) groups excluding carboxylic acids is 2. The van der Waals surface area contributed by atoms with Crippen molar-refractivity contribution >= 4 is 35.2 Å². The van der Waals surface area contributed by atoms with Crippen LogP contribution in [-0.2, 0) is 9.59 Å². The SMILES string of the molecule is O=C1CSc2ccc(C(=O)NC3(C(=O)O)CC3)cc2N1. The summed E-state index contributed by atoms with van der Waals surface area (Å²) in [6.45, 7) is 0. The number of nitrogens with one attached hydrogen (secondary N) is 2. The van der Waals surface area contributed by atoms with Crippen LogP contribution >= 0.6 is 11.8 Å². The third kappa shape index (κ3) is 2.24. The quantitative estimate of drug-likeness (QED) is 0.774. The first-order chi connectivity index (χ1) is 9.50. The molecule has 0 aromatic heterocycles. The predicted octanol–water partition coefficient (Wildman–Crippen LogP) is 1.08. The summed E-state index contributed by atoms with van der Waals surface area (Å²) in [5.41, 5.74) is -0.163. The maximum absolute atomic E-state index is 12.1. The number of carboxylic acids is 1. The minimum Gasteiger partial charge on any atom is -0.480 e. The van der Waals surface area contributed by atoms with Gasteiger partial charge in [-0.15, -0.1) is 11.8 Å². The summed E-state index contributed by atoms with van der Waals surface area (Å²) in [5, 5.41) is 14.3. The first kappa shape index (κ1) is 13.0. The van der Waals surface area contributed by atoms with Gasteiger partial charge < -0.3 is 15.7 Å². The fourth-order valence-corrected chi connectivity index (χ4v) is 2.82. The van der Waals surface area contributed by atoms with Crippen molar-refractivity contribution in [3.8, 4) is 0 Å². The lowest BCUT2D eigenvalue weighted by Gasteiger charge is -2.18. The molecule has 1 aromatic carbocycles. The van der Waals surface area contributed by atoms with Gasteiger partial charge in [0.15, 0.2) is 0 Å². The first-order valence-corrected chi connectivity index (χ1v) is 7.11. The molecule has 6 nitrogen and oxygen atoms in total. The van der Waals surface area contributed by atoms with Crippen LogP contribution in [-0.4, -0.2) is 34.2 Å². The van der Waals surface area contributed by atoms with Gasteiger partial charge >= 0.3 is 5.97 Å². The molecule has 1 aliphatic heterocycles. The highest BCUT2D eigenvalue weighted by Crippen LogP contribution is 2.36. The van der Waals surface area contributed by atoms with Gasteiger partial charge in [-0.25, -0.2) is 4.79 Å². The Morgan fingerprint density at radius 2 is 2.10 bits per heavy atom. The van der Waals surface area contributed by atoms with Crippen molar-refractivity contribution in [3.63, 3.8) is 0 Å². The second-order valence-corrected chi connectivity index (χ2v) is 5.91. The Hall–Kier alpha value is -2.02. The molecule has 0 spiro atoms. The lowest BCUT2D eigenvalue weighted by atomic mass is 10.1. The molecular formula is C13H12N2O4S. The molecule has 1 aliphatic carbocycles. The Morgan fingerprint density at radius 3 is 2.75 bits per heavy atom. The van der Waals surface area contributed by atoms with E-state index in [0.717, 1.165) is 4.90 Å². The molecule has 20 heavy (non-hydrogen) atoms. The van der Waals surface area contributed by atoms with Gasteiger partial charge in [0.2, 0.25) is 5.91 Å². The number of hydrogen-bond donors (Lipinski definition) is 3. The Morgan fingerprint density at radius 1 is 1.35 bits per heavy atom. The van der Waals surface area contributed by atoms with E-state index in [0.29, 0.717) is 29.8 Å². The molecule has 1 saturated carbocycles. The maximum Gasteiger partial charge on any atom is 0.329 e. The Balaban J connectivity index is 1.81. The number of aliphatic carboxylic acids is 1. The van der Waals surface area contributed by atoms with E-state index in [1.54, 1.807) is 18.2 Å². The Labute approximate surface area is 118 Å². The van der Waals surface area contributed by atoms with Crippen LogP contribution in [0.15, 0.2) is 23.1 Å². The van der Waals surface area contributed by atoms with Crippen molar-refractivity contribution in [1.82, 2.24) is 5.32 Å². The van der Waals surface area contributed by atoms with Crippen LogP contribution in [0.2, 0.25) is 0 Å². The third-order valence-corrected chi connectivity index (χ3v) is 4.46. The summed E-state index contributed by atoms with van der Waals surface area (Å²) in [6, 6.07) is 4.97. The fourth-order valence-electron chi connectivity index (χ4n) is 2.03. The van der Waals surface area contributed by atoms with E-state index in [4.69, 9.17) is 5.11 Å². The molecule has 2 amide bonds. The highest BCUT2D eigenvalue weighted by Gasteiger charge is 2.51. The van der Waals surface area contributed by atoms with Gasteiger partial charge in [0, 0.05) is 10.5 Å². The van der Waals surface area contributed by atoms with Crippen molar-refractivity contribution in [2.75, 3.05) is 11.1 Å². The molecule has 104 valence electrons. The van der Waals surface area contributed by atoms with Gasteiger partial charge in [0.25, 0.3) is 5.91 Å². The highest BCUT2D eigenvalue weighted by molar-refractivity contribution is 8.00. The van der Waals surface area contributed by atoms with E-state index >= 15 is 0 Å². The largest absolute Gasteiger partial charge is 0.480 e. The van der Waals surface area contributed by atoms with E-state index in [1.807, 2.05) is 0 Å². The molecule has 2 aliphatic rings. The van der Waals surface area contributed by atoms with Gasteiger partial charge in [-0.1, -0.05) is 0 Å². The van der Waals surface area contributed by atoms with Crippen molar-refractivity contribution < 1.29 is 19.5 Å². The second-order valence-electron chi connectivity index (χ2n) is 4.89. The zero-order chi connectivity index (χ0) is 14.3. The van der Waals surface area contributed by atoms with E-state index in [1.165, 1.54) is 11.8 Å². The number of amides is 2. The molecule has 0 saturated heterocycles. The number of carboxylic acid groups (broad SMARTS) is 1. The topological polar surface area (TPSA) is 95.5 Å². The van der Waals surface area contributed by atoms with E-state index in [2.05, 4.69) is 10.6 Å². The summed E-state index contributed by atoms with van der Waals surface area (Å²) in [6.07, 6.45) is 0.900. The van der Waals surface area contributed by atoms with Crippen molar-refractivity contribution in [2.45, 2.75) is 23.3 Å². The zero-order valence-corrected chi connectivity index (χ0v) is 11.3. The number of benzene rings is 1. The zero-order valence-electron chi connectivity index (χ0n) is 10.4. The number of hydrogen-bond acceptors (Lipinski definition) is 4. The van der Waals surface area contributed by atoms with Crippen LogP contribution in [0.4, 0.5) is 5.69 Å². The van der Waals surface area contributed by atoms with Crippen LogP contribution in [0.25, 0.3) is 0 Å². The maximum atomic E-state index is 12.1. The van der Waals surface area contributed by atoms with E-state index in [9.17, 15) is 14.4 Å². The summed E-state index contributed by atoms with van der Waals surface area (Å²) in [7, 11) is 0. The second kappa shape index (κ2) is 4.52. The molecule has 1 aromatic rings. The molecular weight excluding hydrogens is 280 g/mol. The third-order valence-electron chi connectivity index (χ3n) is 3.39. The van der Waals surface area contributed by atoms with Crippen LogP contribution in [0.1, 0.15) is 23.2 Å². The van der Waals surface area contributed by atoms with Gasteiger partial charge in [-0.2, -0.15) is 0 Å². The van der Waals surface area contributed by atoms with Crippen molar-refractivity contribution in [2.24, 2.45) is 0 Å². The number of anilines is 1. The lowest BCUT2D eigenvalue weighted by Crippen LogP contribution is -2.43. The molecule has 0 radical (unpaired) electrons. The average Bonchev–Trinajstić information content (AvgIpc) is 3.18. The standard InChI is InChI=1S/C13H12N2O4S/c16-10-6-20-9-2-1-7(5-8(9)14-10)11(17)15-13(3-4-13)12(18)19/h1-2,5H,3-4,6H2,(H,14,16)(H,15,17)(H,18,19). The van der Waals surface area contributed by atoms with Crippen LogP contribution in [0.5, 0.6) is 0 Å². The normalized spacial score (nSPS) is 18.7. The number of carbonyl (C=O) groups is 3. The fraction of sp³-hybridized carbons (Fsp3) is 0.308. The molecule has 1 fully saturated rings. The molecule has 7 heteroatoms. The Kier molecular flexibility index (Phi) is 2.93. The van der Waals surface area contributed by atoms with Crippen LogP contribution in [0, 0.1) is 0 Å². The molecule has 0 atom stereocenters. The van der Waals surface area contributed by atoms with Crippen LogP contribution < -0.4 is 10.6 Å². The molecule has 3 rings (SSSR count). The van der Waals surface area contributed by atoms with Gasteiger partial charge in [-0.05, 0) is 31.0 Å². The molecule has 0 unspecified atom stereocenters. The van der Waals surface area contributed by atoms with Crippen molar-refractivity contribution in [1.29, 1.82) is 0 Å². The number of rotatable bonds is 3. The number of fused-ring (bicyclic) bond motifs is 1. The highest BCUT2D eigenvalue weighted by atomic mass is 32.2.